The molecule has 0 aliphatic rings. The highest BCUT2D eigenvalue weighted by Crippen LogP contribution is 2.25. The van der Waals surface area contributed by atoms with E-state index in [-0.39, 0.29) is 5.82 Å². The summed E-state index contributed by atoms with van der Waals surface area (Å²) >= 11 is 5.67. The fraction of sp³-hybridized carbons (Fsp3) is 0.154. The molecule has 2 aromatic rings. The number of nitrogens with zero attached hydrogens (tertiary/aromatic N) is 1. The topological polar surface area (TPSA) is 33.1 Å². The van der Waals surface area contributed by atoms with Gasteiger partial charge in [0.15, 0.2) is 0 Å². The predicted octanol–water partition coefficient (Wildman–Crippen LogP) is 3.26. The molecule has 0 radical (unpaired) electrons. The highest BCUT2D eigenvalue weighted by Gasteiger charge is 2.14. The molecule has 0 amide bonds. The fourth-order valence-electron chi connectivity index (χ4n) is 1.63. The molecule has 1 N–H and O–H groups in total. The van der Waals surface area contributed by atoms with Crippen molar-refractivity contribution in [2.45, 2.75) is 13.0 Å². The van der Waals surface area contributed by atoms with Crippen molar-refractivity contribution in [1.29, 1.82) is 0 Å². The lowest BCUT2D eigenvalue weighted by Crippen LogP contribution is -2.03. The quantitative estimate of drug-likeness (QED) is 0.831. The van der Waals surface area contributed by atoms with Gasteiger partial charge in [0.1, 0.15) is 17.1 Å². The molecule has 2 rings (SSSR count). The summed E-state index contributed by atoms with van der Waals surface area (Å²) in [7, 11) is 0. The Labute approximate surface area is 104 Å². The molecule has 0 aliphatic carbocycles. The number of halogens is 2. The number of rotatable bonds is 2. The van der Waals surface area contributed by atoms with Crippen molar-refractivity contribution < 1.29 is 9.50 Å². The molecule has 0 bridgehead atoms. The molecule has 88 valence electrons. The third kappa shape index (κ3) is 2.62. The molecular weight excluding hydrogens is 241 g/mol. The zero-order valence-electron chi connectivity index (χ0n) is 9.19. The molecule has 0 aliphatic heterocycles. The maximum atomic E-state index is 13.1. The first-order valence-corrected chi connectivity index (χ1v) is 5.51. The van der Waals surface area contributed by atoms with Gasteiger partial charge >= 0.3 is 0 Å². The Balaban J connectivity index is 2.39. The maximum Gasteiger partial charge on any atom is 0.129 e. The molecule has 1 heterocycles. The summed E-state index contributed by atoms with van der Waals surface area (Å²) in [6.07, 6.45) is 0.590. The van der Waals surface area contributed by atoms with Gasteiger partial charge in [-0.2, -0.15) is 0 Å². The average molecular weight is 252 g/mol. The van der Waals surface area contributed by atoms with Crippen LogP contribution in [0.2, 0.25) is 5.15 Å². The summed E-state index contributed by atoms with van der Waals surface area (Å²) in [5.41, 5.74) is 1.95. The zero-order chi connectivity index (χ0) is 12.4. The molecule has 1 aromatic carbocycles. The fourth-order valence-corrected chi connectivity index (χ4v) is 1.75. The predicted molar refractivity (Wildman–Crippen MR) is 64.4 cm³/mol. The van der Waals surface area contributed by atoms with Gasteiger partial charge in [0.2, 0.25) is 0 Å². The van der Waals surface area contributed by atoms with Crippen LogP contribution in [-0.4, -0.2) is 10.1 Å². The van der Waals surface area contributed by atoms with E-state index in [2.05, 4.69) is 4.98 Å². The second-order valence-electron chi connectivity index (χ2n) is 3.82. The summed E-state index contributed by atoms with van der Waals surface area (Å²) in [5.74, 6) is -0.369. The van der Waals surface area contributed by atoms with E-state index in [0.29, 0.717) is 16.3 Å². The normalized spacial score (nSPS) is 12.5. The van der Waals surface area contributed by atoms with E-state index in [9.17, 15) is 9.50 Å². The summed E-state index contributed by atoms with van der Waals surface area (Å²) in [4.78, 5) is 3.89. The van der Waals surface area contributed by atoms with Crippen molar-refractivity contribution in [3.8, 4) is 0 Å². The largest absolute Gasteiger partial charge is 0.384 e. The molecule has 2 nitrogen and oxygen atoms in total. The third-order valence-corrected chi connectivity index (χ3v) is 2.83. The highest BCUT2D eigenvalue weighted by molar-refractivity contribution is 6.29. The number of pyridine rings is 1. The molecule has 17 heavy (non-hydrogen) atoms. The van der Waals surface area contributed by atoms with E-state index in [1.54, 1.807) is 18.2 Å². The number of aromatic nitrogens is 1. The van der Waals surface area contributed by atoms with E-state index in [1.165, 1.54) is 18.3 Å². The maximum absolute atomic E-state index is 13.1. The molecule has 1 aromatic heterocycles. The first-order chi connectivity index (χ1) is 8.08. The molecular formula is C13H11ClFNO. The van der Waals surface area contributed by atoms with Crippen LogP contribution in [0.3, 0.4) is 0 Å². The van der Waals surface area contributed by atoms with Gasteiger partial charge in [0.25, 0.3) is 0 Å². The number of aryl methyl sites for hydroxylation is 1. The minimum Gasteiger partial charge on any atom is -0.384 e. The Kier molecular flexibility index (Phi) is 3.41. The van der Waals surface area contributed by atoms with E-state index in [1.807, 2.05) is 6.92 Å². The number of aliphatic hydroxyl groups excluding tert-OH is 1. The van der Waals surface area contributed by atoms with Crippen LogP contribution in [-0.2, 0) is 0 Å². The van der Waals surface area contributed by atoms with Crippen LogP contribution in [0, 0.1) is 12.7 Å². The SMILES string of the molecule is Cc1ccc(F)cc1C(O)c1ccc(Cl)nc1. The lowest BCUT2D eigenvalue weighted by Gasteiger charge is -2.13. The van der Waals surface area contributed by atoms with Crippen molar-refractivity contribution >= 4 is 11.6 Å². The molecule has 1 unspecified atom stereocenters. The van der Waals surface area contributed by atoms with Crippen molar-refractivity contribution in [1.82, 2.24) is 4.98 Å². The van der Waals surface area contributed by atoms with Gasteiger partial charge in [0.05, 0.1) is 0 Å². The van der Waals surface area contributed by atoms with Crippen molar-refractivity contribution in [3.63, 3.8) is 0 Å². The lowest BCUT2D eigenvalue weighted by molar-refractivity contribution is 0.218. The van der Waals surface area contributed by atoms with Crippen molar-refractivity contribution in [3.05, 3.63) is 64.2 Å². The highest BCUT2D eigenvalue weighted by atomic mass is 35.5. The molecule has 0 fully saturated rings. The monoisotopic (exact) mass is 251 g/mol. The molecule has 4 heteroatoms. The second-order valence-corrected chi connectivity index (χ2v) is 4.20. The first-order valence-electron chi connectivity index (χ1n) is 5.13. The minimum absolute atomic E-state index is 0.358. The first kappa shape index (κ1) is 12.0. The lowest BCUT2D eigenvalue weighted by atomic mass is 9.98. The summed E-state index contributed by atoms with van der Waals surface area (Å²) in [6.45, 7) is 1.82. The Morgan fingerprint density at radius 1 is 1.29 bits per heavy atom. The van der Waals surface area contributed by atoms with Gasteiger partial charge in [-0.05, 0) is 36.2 Å². The van der Waals surface area contributed by atoms with Crippen LogP contribution < -0.4 is 0 Å². The Morgan fingerprint density at radius 3 is 2.71 bits per heavy atom. The van der Waals surface area contributed by atoms with Crippen LogP contribution in [0.25, 0.3) is 0 Å². The second kappa shape index (κ2) is 4.82. The molecule has 1 atom stereocenters. The smallest absolute Gasteiger partial charge is 0.129 e. The Morgan fingerprint density at radius 2 is 2.06 bits per heavy atom. The van der Waals surface area contributed by atoms with Gasteiger partial charge in [0, 0.05) is 11.8 Å². The van der Waals surface area contributed by atoms with Crippen molar-refractivity contribution in [2.24, 2.45) is 0 Å². The van der Waals surface area contributed by atoms with E-state index in [4.69, 9.17) is 11.6 Å². The zero-order valence-corrected chi connectivity index (χ0v) is 9.95. The third-order valence-electron chi connectivity index (χ3n) is 2.60. The van der Waals surface area contributed by atoms with Crippen LogP contribution >= 0.6 is 11.6 Å². The van der Waals surface area contributed by atoms with Crippen molar-refractivity contribution in [2.75, 3.05) is 0 Å². The van der Waals surface area contributed by atoms with Gasteiger partial charge in [-0.15, -0.1) is 0 Å². The van der Waals surface area contributed by atoms with Gasteiger partial charge in [-0.25, -0.2) is 9.37 Å². The van der Waals surface area contributed by atoms with Gasteiger partial charge in [-0.1, -0.05) is 23.7 Å². The minimum atomic E-state index is -0.893. The van der Waals surface area contributed by atoms with Crippen LogP contribution in [0.15, 0.2) is 36.5 Å². The van der Waals surface area contributed by atoms with E-state index >= 15 is 0 Å². The number of aliphatic hydroxyl groups is 1. The number of hydrogen-bond acceptors (Lipinski definition) is 2. The summed E-state index contributed by atoms with van der Waals surface area (Å²) < 4.78 is 13.1. The van der Waals surface area contributed by atoms with Crippen LogP contribution in [0.1, 0.15) is 22.8 Å². The molecule has 0 spiro atoms. The van der Waals surface area contributed by atoms with Crippen LogP contribution in [0.4, 0.5) is 4.39 Å². The Bertz CT molecular complexity index is 527. The number of hydrogen-bond donors (Lipinski definition) is 1. The van der Waals surface area contributed by atoms with E-state index in [0.717, 1.165) is 5.56 Å². The van der Waals surface area contributed by atoms with E-state index < -0.39 is 6.10 Å². The number of benzene rings is 1. The Hall–Kier alpha value is -1.45. The van der Waals surface area contributed by atoms with Gasteiger partial charge in [-0.3, -0.25) is 0 Å². The molecule has 0 saturated heterocycles. The standard InChI is InChI=1S/C13H11ClFNO/c1-8-2-4-10(15)6-11(8)13(17)9-3-5-12(14)16-7-9/h2-7,13,17H,1H3. The summed E-state index contributed by atoms with van der Waals surface area (Å²) in [6, 6.07) is 7.59. The molecule has 0 saturated carbocycles. The average Bonchev–Trinajstić information content (AvgIpc) is 2.32. The van der Waals surface area contributed by atoms with Gasteiger partial charge < -0.3 is 5.11 Å². The summed E-state index contributed by atoms with van der Waals surface area (Å²) in [5, 5.41) is 10.5. The van der Waals surface area contributed by atoms with Crippen LogP contribution in [0.5, 0.6) is 0 Å².